The summed E-state index contributed by atoms with van der Waals surface area (Å²) in [6.07, 6.45) is 3.45. The number of nitrogens with zero attached hydrogens (tertiary/aromatic N) is 4. The van der Waals surface area contributed by atoms with Crippen LogP contribution in [0.15, 0.2) is 40.3 Å². The van der Waals surface area contributed by atoms with Gasteiger partial charge in [0.25, 0.3) is 11.5 Å². The third-order valence-corrected chi connectivity index (χ3v) is 6.17. The summed E-state index contributed by atoms with van der Waals surface area (Å²) in [5.41, 5.74) is 0.178. The van der Waals surface area contributed by atoms with Gasteiger partial charge in [-0.3, -0.25) is 19.1 Å². The molecule has 0 unspecified atom stereocenters. The van der Waals surface area contributed by atoms with Gasteiger partial charge in [-0.05, 0) is 38.5 Å². The fraction of sp³-hybridized carbons (Fsp3) is 0.455. The number of hydrogen-bond acceptors (Lipinski definition) is 6. The predicted octanol–water partition coefficient (Wildman–Crippen LogP) is 0.679. The second-order valence-corrected chi connectivity index (χ2v) is 8.49. The highest BCUT2D eigenvalue weighted by Gasteiger charge is 2.41. The Hall–Kier alpha value is -3.24. The number of nitrogens with one attached hydrogen (secondary N) is 1. The molecule has 1 saturated heterocycles. The van der Waals surface area contributed by atoms with E-state index >= 15 is 0 Å². The highest BCUT2D eigenvalue weighted by atomic mass is 16.5. The standard InChI is InChI=1S/C22H27N5O5/c1-14-11-27(21(30)24-19(14)28)18-12-25(7-6-22(18,2)31)20(29)15-4-5-17-16(10-15)23-13-26(17)8-9-32-3/h4-5,10-11,13,18,31H,6-9,12H2,1-3H3,(H,24,28,30)/t18-,22-/m1/s1. The van der Waals surface area contributed by atoms with E-state index in [1.54, 1.807) is 44.3 Å². The van der Waals surface area contributed by atoms with Crippen molar-refractivity contribution in [1.82, 2.24) is 24.0 Å². The van der Waals surface area contributed by atoms with E-state index in [-0.39, 0.29) is 12.5 Å². The minimum absolute atomic E-state index is 0.136. The number of carbonyl (C=O) groups excluding carboxylic acids is 1. The van der Waals surface area contributed by atoms with E-state index in [0.29, 0.717) is 42.8 Å². The van der Waals surface area contributed by atoms with Crippen LogP contribution in [0.1, 0.15) is 35.3 Å². The van der Waals surface area contributed by atoms with E-state index in [1.807, 2.05) is 10.6 Å². The average Bonchev–Trinajstić information content (AvgIpc) is 3.16. The summed E-state index contributed by atoms with van der Waals surface area (Å²) in [6, 6.07) is 4.67. The second-order valence-electron chi connectivity index (χ2n) is 8.49. The summed E-state index contributed by atoms with van der Waals surface area (Å²) in [6.45, 7) is 4.94. The molecule has 32 heavy (non-hydrogen) atoms. The summed E-state index contributed by atoms with van der Waals surface area (Å²) < 4.78 is 8.40. The molecule has 170 valence electrons. The van der Waals surface area contributed by atoms with Crippen LogP contribution in [0.4, 0.5) is 0 Å². The van der Waals surface area contributed by atoms with Gasteiger partial charge in [0.05, 0.1) is 35.6 Å². The van der Waals surface area contributed by atoms with Gasteiger partial charge in [0, 0.05) is 44.1 Å². The molecule has 0 radical (unpaired) electrons. The number of ether oxygens (including phenoxy) is 1. The van der Waals surface area contributed by atoms with Crippen LogP contribution in [-0.4, -0.2) is 67.4 Å². The van der Waals surface area contributed by atoms with E-state index < -0.39 is 22.9 Å². The molecular weight excluding hydrogens is 414 g/mol. The van der Waals surface area contributed by atoms with Crippen LogP contribution in [0.5, 0.6) is 0 Å². The normalized spacial score (nSPS) is 21.2. The molecule has 0 aliphatic carbocycles. The maximum absolute atomic E-state index is 13.3. The van der Waals surface area contributed by atoms with Crippen molar-refractivity contribution in [2.75, 3.05) is 26.8 Å². The van der Waals surface area contributed by atoms with Crippen molar-refractivity contribution >= 4 is 16.9 Å². The molecule has 10 nitrogen and oxygen atoms in total. The number of hydrogen-bond donors (Lipinski definition) is 2. The molecule has 3 heterocycles. The zero-order chi connectivity index (χ0) is 23.0. The van der Waals surface area contributed by atoms with E-state index in [2.05, 4.69) is 9.97 Å². The third-order valence-electron chi connectivity index (χ3n) is 6.17. The van der Waals surface area contributed by atoms with E-state index in [0.717, 1.165) is 5.52 Å². The molecule has 2 N–H and O–H groups in total. The molecule has 1 fully saturated rings. The lowest BCUT2D eigenvalue weighted by Gasteiger charge is -2.43. The summed E-state index contributed by atoms with van der Waals surface area (Å²) in [5, 5.41) is 10.9. The van der Waals surface area contributed by atoms with Crippen LogP contribution in [0.25, 0.3) is 11.0 Å². The Bertz CT molecular complexity index is 1270. The lowest BCUT2D eigenvalue weighted by Crippen LogP contribution is -2.55. The quantitative estimate of drug-likeness (QED) is 0.600. The van der Waals surface area contributed by atoms with Gasteiger partial charge in [-0.25, -0.2) is 9.78 Å². The van der Waals surface area contributed by atoms with Crippen LogP contribution >= 0.6 is 0 Å². The summed E-state index contributed by atoms with van der Waals surface area (Å²) in [7, 11) is 1.64. The van der Waals surface area contributed by atoms with Crippen molar-refractivity contribution in [1.29, 1.82) is 0 Å². The van der Waals surface area contributed by atoms with Crippen LogP contribution in [0.2, 0.25) is 0 Å². The molecule has 0 bridgehead atoms. The molecule has 0 spiro atoms. The Morgan fingerprint density at radius 1 is 1.38 bits per heavy atom. The van der Waals surface area contributed by atoms with E-state index in [9.17, 15) is 19.5 Å². The van der Waals surface area contributed by atoms with Crippen LogP contribution in [-0.2, 0) is 11.3 Å². The third kappa shape index (κ3) is 3.98. The first-order valence-electron chi connectivity index (χ1n) is 10.5. The van der Waals surface area contributed by atoms with Crippen molar-refractivity contribution in [3.8, 4) is 0 Å². The van der Waals surface area contributed by atoms with Crippen molar-refractivity contribution in [3.63, 3.8) is 0 Å². The molecule has 1 aromatic carbocycles. The van der Waals surface area contributed by atoms with Crippen LogP contribution in [0, 0.1) is 6.92 Å². The smallest absolute Gasteiger partial charge is 0.328 e. The van der Waals surface area contributed by atoms with Crippen molar-refractivity contribution in [2.24, 2.45) is 0 Å². The number of likely N-dealkylation sites (tertiary alicyclic amines) is 1. The van der Waals surface area contributed by atoms with Crippen LogP contribution in [0.3, 0.4) is 0 Å². The maximum Gasteiger partial charge on any atom is 0.328 e. The Morgan fingerprint density at radius 3 is 2.91 bits per heavy atom. The van der Waals surface area contributed by atoms with Crippen molar-refractivity contribution in [3.05, 3.63) is 62.7 Å². The minimum Gasteiger partial charge on any atom is -0.388 e. The van der Waals surface area contributed by atoms with Gasteiger partial charge < -0.3 is 19.3 Å². The number of aryl methyl sites for hydroxylation is 1. The summed E-state index contributed by atoms with van der Waals surface area (Å²) >= 11 is 0. The molecule has 10 heteroatoms. The zero-order valence-electron chi connectivity index (χ0n) is 18.4. The summed E-state index contributed by atoms with van der Waals surface area (Å²) in [4.78, 5) is 45.7. The first kappa shape index (κ1) is 22.0. The van der Waals surface area contributed by atoms with E-state index in [1.165, 1.54) is 10.8 Å². The Morgan fingerprint density at radius 2 is 2.16 bits per heavy atom. The number of aromatic amines is 1. The number of H-pyrrole nitrogens is 1. The van der Waals surface area contributed by atoms with Gasteiger partial charge in [-0.2, -0.15) is 0 Å². The number of fused-ring (bicyclic) bond motifs is 1. The topological polar surface area (TPSA) is 122 Å². The SMILES string of the molecule is COCCn1cnc2cc(C(=O)N3CC[C@@](C)(O)[C@H](n4cc(C)c(=O)[nH]c4=O)C3)ccc21. The van der Waals surface area contributed by atoms with Crippen LogP contribution < -0.4 is 11.2 Å². The number of aliphatic hydroxyl groups is 1. The molecule has 3 aromatic rings. The lowest BCUT2D eigenvalue weighted by molar-refractivity contribution is -0.0460. The lowest BCUT2D eigenvalue weighted by atomic mass is 9.87. The number of piperidine rings is 1. The molecule has 0 saturated carbocycles. The maximum atomic E-state index is 13.3. The molecule has 4 rings (SSSR count). The van der Waals surface area contributed by atoms with E-state index in [4.69, 9.17) is 4.74 Å². The first-order valence-corrected chi connectivity index (χ1v) is 10.5. The Balaban J connectivity index is 1.61. The largest absolute Gasteiger partial charge is 0.388 e. The Kier molecular flexibility index (Phi) is 5.74. The molecule has 1 aliphatic rings. The van der Waals surface area contributed by atoms with Gasteiger partial charge in [0.15, 0.2) is 0 Å². The number of benzene rings is 1. The molecule has 1 aliphatic heterocycles. The predicted molar refractivity (Wildman–Crippen MR) is 118 cm³/mol. The summed E-state index contributed by atoms with van der Waals surface area (Å²) in [5.74, 6) is -0.201. The fourth-order valence-electron chi connectivity index (χ4n) is 4.16. The average molecular weight is 441 g/mol. The van der Waals surface area contributed by atoms with Crippen molar-refractivity contribution in [2.45, 2.75) is 38.5 Å². The number of imidazole rings is 1. The highest BCUT2D eigenvalue weighted by molar-refractivity contribution is 5.97. The molecule has 2 atom stereocenters. The second kappa shape index (κ2) is 8.36. The molecule has 2 aromatic heterocycles. The van der Waals surface area contributed by atoms with Gasteiger partial charge >= 0.3 is 5.69 Å². The monoisotopic (exact) mass is 441 g/mol. The number of methoxy groups -OCH3 is 1. The number of rotatable bonds is 5. The van der Waals surface area contributed by atoms with Gasteiger partial charge in [-0.1, -0.05) is 0 Å². The fourth-order valence-corrected chi connectivity index (χ4v) is 4.16. The minimum atomic E-state index is -1.21. The van der Waals surface area contributed by atoms with Crippen molar-refractivity contribution < 1.29 is 14.6 Å². The van der Waals surface area contributed by atoms with Gasteiger partial charge in [-0.15, -0.1) is 0 Å². The zero-order valence-corrected chi connectivity index (χ0v) is 18.4. The number of carbonyl (C=O) groups is 1. The Labute approximate surface area is 184 Å². The first-order chi connectivity index (χ1) is 15.2. The van der Waals surface area contributed by atoms with Gasteiger partial charge in [0.2, 0.25) is 0 Å². The number of amides is 1. The molecular formula is C22H27N5O5. The van der Waals surface area contributed by atoms with Gasteiger partial charge in [0.1, 0.15) is 0 Å². The highest BCUT2D eigenvalue weighted by Crippen LogP contribution is 2.31. The number of aromatic nitrogens is 4. The molecule has 1 amide bonds.